The van der Waals surface area contributed by atoms with Crippen molar-refractivity contribution in [1.82, 2.24) is 9.80 Å². The van der Waals surface area contributed by atoms with Crippen LogP contribution in [0, 0.1) is 5.92 Å². The number of hydrogen-bond donors (Lipinski definition) is 0. The Balaban J connectivity index is 1.91. The molecule has 0 unspecified atom stereocenters. The zero-order chi connectivity index (χ0) is 15.8. The lowest BCUT2D eigenvalue weighted by Gasteiger charge is -2.34. The van der Waals surface area contributed by atoms with Gasteiger partial charge in [-0.15, -0.1) is 0 Å². The van der Waals surface area contributed by atoms with Crippen LogP contribution < -0.4 is 0 Å². The second-order valence-corrected chi connectivity index (χ2v) is 6.28. The lowest BCUT2D eigenvalue weighted by Crippen LogP contribution is -2.43. The van der Waals surface area contributed by atoms with Crippen LogP contribution in [0.2, 0.25) is 0 Å². The van der Waals surface area contributed by atoms with Crippen LogP contribution in [-0.4, -0.2) is 62.7 Å². The molecule has 1 aliphatic heterocycles. The quantitative estimate of drug-likeness (QED) is 0.773. The fourth-order valence-corrected chi connectivity index (χ4v) is 3.18. The maximum atomic E-state index is 12.3. The van der Waals surface area contributed by atoms with Crippen LogP contribution in [0.5, 0.6) is 0 Å². The van der Waals surface area contributed by atoms with E-state index in [1.54, 1.807) is 7.11 Å². The average molecular weight is 304 g/mol. The molecule has 0 bridgehead atoms. The fraction of sp³-hybridized carbons (Fsp3) is 0.611. The molecule has 0 aromatic heterocycles. The van der Waals surface area contributed by atoms with E-state index < -0.39 is 0 Å². The van der Waals surface area contributed by atoms with E-state index in [2.05, 4.69) is 24.1 Å². The van der Waals surface area contributed by atoms with Crippen molar-refractivity contribution in [2.75, 3.05) is 46.9 Å². The third-order valence-corrected chi connectivity index (χ3v) is 4.33. The van der Waals surface area contributed by atoms with Crippen LogP contribution in [-0.2, 0) is 16.0 Å². The van der Waals surface area contributed by atoms with Crippen molar-refractivity contribution in [2.45, 2.75) is 19.3 Å². The van der Waals surface area contributed by atoms with Gasteiger partial charge in [0.15, 0.2) is 0 Å². The molecule has 1 fully saturated rings. The van der Waals surface area contributed by atoms with Crippen molar-refractivity contribution in [2.24, 2.45) is 5.92 Å². The molecule has 1 atom stereocenters. The van der Waals surface area contributed by atoms with E-state index in [1.807, 2.05) is 23.1 Å². The molecule has 22 heavy (non-hydrogen) atoms. The molecule has 0 aliphatic carbocycles. The summed E-state index contributed by atoms with van der Waals surface area (Å²) < 4.78 is 5.05. The molecule has 1 aliphatic rings. The van der Waals surface area contributed by atoms with Gasteiger partial charge in [0.25, 0.3) is 0 Å². The number of likely N-dealkylation sites (tertiary alicyclic amines) is 1. The number of nitrogens with zero attached hydrogens (tertiary/aromatic N) is 2. The van der Waals surface area contributed by atoms with E-state index >= 15 is 0 Å². The molecular formula is C18H28N2O2. The number of amides is 1. The zero-order valence-electron chi connectivity index (χ0n) is 13.8. The smallest absolute Gasteiger partial charge is 0.248 e. The van der Waals surface area contributed by atoms with E-state index in [0.29, 0.717) is 5.92 Å². The lowest BCUT2D eigenvalue weighted by atomic mass is 9.97. The summed E-state index contributed by atoms with van der Waals surface area (Å²) >= 11 is 0. The van der Waals surface area contributed by atoms with Crippen molar-refractivity contribution < 1.29 is 9.53 Å². The highest BCUT2D eigenvalue weighted by atomic mass is 16.5. The Bertz CT molecular complexity index is 450. The molecule has 1 heterocycles. The Morgan fingerprint density at radius 2 is 2.14 bits per heavy atom. The first-order valence-corrected chi connectivity index (χ1v) is 8.18. The molecule has 2 rings (SSSR count). The summed E-state index contributed by atoms with van der Waals surface area (Å²) in [5.41, 5.74) is 1.28. The molecule has 122 valence electrons. The largest absolute Gasteiger partial charge is 0.375 e. The Labute approximate surface area is 134 Å². The summed E-state index contributed by atoms with van der Waals surface area (Å²) in [4.78, 5) is 16.7. The van der Waals surface area contributed by atoms with Gasteiger partial charge in [0.1, 0.15) is 6.61 Å². The van der Waals surface area contributed by atoms with Crippen LogP contribution in [0.4, 0.5) is 0 Å². The number of carbonyl (C=O) groups is 1. The SMILES string of the molecule is COCC(=O)N(CCc1ccccc1)C[C@H]1CCCN(C)C1. The van der Waals surface area contributed by atoms with Gasteiger partial charge in [-0.3, -0.25) is 4.79 Å². The first-order chi connectivity index (χ1) is 10.7. The van der Waals surface area contributed by atoms with Crippen molar-refractivity contribution in [3.05, 3.63) is 35.9 Å². The Hall–Kier alpha value is -1.39. The molecule has 1 amide bonds. The number of piperidine rings is 1. The number of carbonyl (C=O) groups excluding carboxylic acids is 1. The van der Waals surface area contributed by atoms with Gasteiger partial charge in [0.05, 0.1) is 0 Å². The minimum absolute atomic E-state index is 0.103. The van der Waals surface area contributed by atoms with Crippen LogP contribution in [0.1, 0.15) is 18.4 Å². The van der Waals surface area contributed by atoms with E-state index in [9.17, 15) is 4.79 Å². The lowest BCUT2D eigenvalue weighted by molar-refractivity contribution is -0.136. The highest BCUT2D eigenvalue weighted by Crippen LogP contribution is 2.17. The molecule has 1 aromatic carbocycles. The maximum absolute atomic E-state index is 12.3. The summed E-state index contributed by atoms with van der Waals surface area (Å²) in [6, 6.07) is 10.4. The molecule has 1 aromatic rings. The minimum Gasteiger partial charge on any atom is -0.375 e. The number of benzene rings is 1. The topological polar surface area (TPSA) is 32.8 Å². The molecule has 4 nitrogen and oxygen atoms in total. The maximum Gasteiger partial charge on any atom is 0.248 e. The minimum atomic E-state index is 0.103. The van der Waals surface area contributed by atoms with E-state index in [-0.39, 0.29) is 12.5 Å². The molecular weight excluding hydrogens is 276 g/mol. The standard InChI is InChI=1S/C18H28N2O2/c1-19-11-6-9-17(13-19)14-20(18(21)15-22-2)12-10-16-7-4-3-5-8-16/h3-5,7-8,17H,6,9-15H2,1-2H3/t17-/m0/s1. The first kappa shape index (κ1) is 17.0. The van der Waals surface area contributed by atoms with Crippen LogP contribution in [0.3, 0.4) is 0 Å². The predicted octanol–water partition coefficient (Wildman–Crippen LogP) is 2.05. The van der Waals surface area contributed by atoms with Crippen LogP contribution >= 0.6 is 0 Å². The van der Waals surface area contributed by atoms with Gasteiger partial charge in [-0.25, -0.2) is 0 Å². The zero-order valence-corrected chi connectivity index (χ0v) is 13.8. The number of methoxy groups -OCH3 is 1. The van der Waals surface area contributed by atoms with Gasteiger partial charge in [-0.05, 0) is 44.3 Å². The van der Waals surface area contributed by atoms with Crippen molar-refractivity contribution >= 4 is 5.91 Å². The Kier molecular flexibility index (Phi) is 6.87. The van der Waals surface area contributed by atoms with Gasteiger partial charge in [0, 0.05) is 26.7 Å². The summed E-state index contributed by atoms with van der Waals surface area (Å²) in [6.07, 6.45) is 3.34. The summed E-state index contributed by atoms with van der Waals surface area (Å²) in [6.45, 7) is 4.05. The van der Waals surface area contributed by atoms with Gasteiger partial charge < -0.3 is 14.5 Å². The summed E-state index contributed by atoms with van der Waals surface area (Å²) in [5, 5.41) is 0. The van der Waals surface area contributed by atoms with Crippen LogP contribution in [0.15, 0.2) is 30.3 Å². The normalized spacial score (nSPS) is 19.1. The number of hydrogen-bond acceptors (Lipinski definition) is 3. The first-order valence-electron chi connectivity index (χ1n) is 8.18. The summed E-state index contributed by atoms with van der Waals surface area (Å²) in [7, 11) is 3.75. The predicted molar refractivity (Wildman–Crippen MR) is 88.8 cm³/mol. The Morgan fingerprint density at radius 1 is 1.36 bits per heavy atom. The Morgan fingerprint density at radius 3 is 2.82 bits per heavy atom. The molecule has 0 saturated carbocycles. The summed E-state index contributed by atoms with van der Waals surface area (Å²) in [5.74, 6) is 0.682. The van der Waals surface area contributed by atoms with E-state index in [1.165, 1.54) is 24.9 Å². The van der Waals surface area contributed by atoms with Gasteiger partial charge in [-0.1, -0.05) is 30.3 Å². The monoisotopic (exact) mass is 304 g/mol. The van der Waals surface area contributed by atoms with Crippen LogP contribution in [0.25, 0.3) is 0 Å². The van der Waals surface area contributed by atoms with Crippen molar-refractivity contribution in [1.29, 1.82) is 0 Å². The van der Waals surface area contributed by atoms with Gasteiger partial charge in [-0.2, -0.15) is 0 Å². The molecule has 0 spiro atoms. The van der Waals surface area contributed by atoms with Crippen molar-refractivity contribution in [3.8, 4) is 0 Å². The highest BCUT2D eigenvalue weighted by Gasteiger charge is 2.22. The fourth-order valence-electron chi connectivity index (χ4n) is 3.18. The van der Waals surface area contributed by atoms with Gasteiger partial charge in [0.2, 0.25) is 5.91 Å². The number of rotatable bonds is 7. The molecule has 1 saturated heterocycles. The average Bonchev–Trinajstić information content (AvgIpc) is 2.52. The third-order valence-electron chi connectivity index (χ3n) is 4.33. The second kappa shape index (κ2) is 8.91. The molecule has 0 N–H and O–H groups in total. The molecule has 4 heteroatoms. The molecule has 0 radical (unpaired) electrons. The number of ether oxygens (including phenoxy) is 1. The van der Waals surface area contributed by atoms with Gasteiger partial charge >= 0.3 is 0 Å². The highest BCUT2D eigenvalue weighted by molar-refractivity contribution is 5.77. The van der Waals surface area contributed by atoms with E-state index in [4.69, 9.17) is 4.74 Å². The van der Waals surface area contributed by atoms with E-state index in [0.717, 1.165) is 26.1 Å². The third kappa shape index (κ3) is 5.43. The second-order valence-electron chi connectivity index (χ2n) is 6.28. The van der Waals surface area contributed by atoms with Crippen molar-refractivity contribution in [3.63, 3.8) is 0 Å².